The lowest BCUT2D eigenvalue weighted by Gasteiger charge is -2.21. The molecular weight excluding hydrogens is 452 g/mol. The molecule has 2 atom stereocenters. The highest BCUT2D eigenvalue weighted by molar-refractivity contribution is 6.04. The number of benzene rings is 3. The van der Waals surface area contributed by atoms with Gasteiger partial charge in [0.15, 0.2) is 5.82 Å². The highest BCUT2D eigenvalue weighted by Gasteiger charge is 2.38. The van der Waals surface area contributed by atoms with Gasteiger partial charge >= 0.3 is 6.01 Å². The van der Waals surface area contributed by atoms with Gasteiger partial charge in [0.2, 0.25) is 0 Å². The van der Waals surface area contributed by atoms with E-state index >= 15 is 4.39 Å². The molecule has 0 radical (unpaired) electrons. The number of anilines is 1. The van der Waals surface area contributed by atoms with E-state index in [0.717, 1.165) is 13.1 Å². The highest BCUT2D eigenvalue weighted by atomic mass is 19.1. The zero-order valence-electron chi connectivity index (χ0n) is 18.9. The normalized spacial score (nSPS) is 19.3. The van der Waals surface area contributed by atoms with Crippen LogP contribution in [0.2, 0.25) is 0 Å². The number of methoxy groups -OCH3 is 1. The van der Waals surface area contributed by atoms with Gasteiger partial charge in [-0.2, -0.15) is 9.97 Å². The van der Waals surface area contributed by atoms with Crippen LogP contribution >= 0.6 is 0 Å². The molecule has 3 aromatic carbocycles. The van der Waals surface area contributed by atoms with Crippen molar-refractivity contribution in [2.75, 3.05) is 38.3 Å². The van der Waals surface area contributed by atoms with Crippen LogP contribution in [-0.2, 0) is 4.74 Å². The van der Waals surface area contributed by atoms with E-state index in [0.29, 0.717) is 47.0 Å². The van der Waals surface area contributed by atoms with Crippen molar-refractivity contribution >= 4 is 27.5 Å². The van der Waals surface area contributed by atoms with E-state index in [1.165, 1.54) is 31.4 Å². The maximum atomic E-state index is 16.2. The minimum Gasteiger partial charge on any atom is -0.508 e. The number of phenolic OH excluding ortho intramolecular Hbond substituents is 1. The lowest BCUT2D eigenvalue weighted by Crippen LogP contribution is -2.24. The Balaban J connectivity index is 1.58. The summed E-state index contributed by atoms with van der Waals surface area (Å²) in [5.41, 5.74) is 0.495. The van der Waals surface area contributed by atoms with Crippen LogP contribution in [0, 0.1) is 35.8 Å². The van der Waals surface area contributed by atoms with Crippen molar-refractivity contribution in [1.29, 1.82) is 0 Å². The lowest BCUT2D eigenvalue weighted by molar-refractivity contribution is 0.177. The fourth-order valence-electron chi connectivity index (χ4n) is 5.30. The molecule has 1 N–H and O–H groups in total. The predicted octanol–water partition coefficient (Wildman–Crippen LogP) is 4.51. The van der Waals surface area contributed by atoms with Crippen molar-refractivity contribution in [3.05, 3.63) is 53.6 Å². The molecule has 0 aliphatic carbocycles. The van der Waals surface area contributed by atoms with E-state index in [1.807, 2.05) is 0 Å². The summed E-state index contributed by atoms with van der Waals surface area (Å²) in [6, 6.07) is 8.98. The van der Waals surface area contributed by atoms with Crippen molar-refractivity contribution in [2.24, 2.45) is 11.8 Å². The Morgan fingerprint density at radius 1 is 1.09 bits per heavy atom. The molecule has 8 heteroatoms. The van der Waals surface area contributed by atoms with Gasteiger partial charge in [-0.1, -0.05) is 18.1 Å². The molecular formula is C27H21F2N3O3. The number of hydrogen-bond donors (Lipinski definition) is 1. The van der Waals surface area contributed by atoms with Crippen LogP contribution < -0.4 is 9.64 Å². The minimum atomic E-state index is -0.633. The monoisotopic (exact) mass is 473 g/mol. The van der Waals surface area contributed by atoms with Crippen LogP contribution in [0.15, 0.2) is 36.4 Å². The lowest BCUT2D eigenvalue weighted by atomic mass is 9.93. The first-order chi connectivity index (χ1) is 17.0. The number of aromatic hydroxyl groups is 1. The summed E-state index contributed by atoms with van der Waals surface area (Å²) in [6.45, 7) is 2.92. The minimum absolute atomic E-state index is 0.00350. The molecule has 2 saturated heterocycles. The molecule has 2 fully saturated rings. The average Bonchev–Trinajstić information content (AvgIpc) is 3.46. The summed E-state index contributed by atoms with van der Waals surface area (Å²) in [4.78, 5) is 11.0. The number of nitrogens with zero attached hydrogens (tertiary/aromatic N) is 3. The van der Waals surface area contributed by atoms with Gasteiger partial charge in [-0.15, -0.1) is 6.42 Å². The summed E-state index contributed by atoms with van der Waals surface area (Å²) < 4.78 is 41.6. The van der Waals surface area contributed by atoms with Crippen LogP contribution in [0.25, 0.3) is 32.8 Å². The molecule has 35 heavy (non-hydrogen) atoms. The Kier molecular flexibility index (Phi) is 4.97. The molecule has 2 aliphatic heterocycles. The second-order valence-electron chi connectivity index (χ2n) is 8.98. The topological polar surface area (TPSA) is 67.7 Å². The van der Waals surface area contributed by atoms with Crippen molar-refractivity contribution in [2.45, 2.75) is 0 Å². The summed E-state index contributed by atoms with van der Waals surface area (Å²) >= 11 is 0. The van der Waals surface area contributed by atoms with Gasteiger partial charge in [-0.3, -0.25) is 0 Å². The molecule has 176 valence electrons. The van der Waals surface area contributed by atoms with Crippen molar-refractivity contribution < 1.29 is 23.4 Å². The maximum Gasteiger partial charge on any atom is 0.318 e. The fraction of sp³-hybridized carbons (Fsp3) is 0.259. The second kappa shape index (κ2) is 8.07. The molecule has 0 amide bonds. The number of phenols is 1. The number of hydrogen-bond acceptors (Lipinski definition) is 6. The van der Waals surface area contributed by atoms with Gasteiger partial charge in [0.05, 0.1) is 25.9 Å². The number of ether oxygens (including phenoxy) is 2. The largest absolute Gasteiger partial charge is 0.508 e. The van der Waals surface area contributed by atoms with Crippen LogP contribution in [-0.4, -0.2) is 48.5 Å². The Morgan fingerprint density at radius 2 is 1.86 bits per heavy atom. The van der Waals surface area contributed by atoms with E-state index in [4.69, 9.17) is 15.9 Å². The van der Waals surface area contributed by atoms with Crippen LogP contribution in [0.1, 0.15) is 5.56 Å². The molecule has 6 nitrogen and oxygen atoms in total. The first-order valence-electron chi connectivity index (χ1n) is 11.3. The third kappa shape index (κ3) is 3.34. The van der Waals surface area contributed by atoms with E-state index < -0.39 is 11.6 Å². The van der Waals surface area contributed by atoms with E-state index in [-0.39, 0.29) is 34.0 Å². The molecule has 1 aromatic heterocycles. The number of rotatable bonds is 3. The Bertz CT molecular complexity index is 1540. The summed E-state index contributed by atoms with van der Waals surface area (Å²) in [5, 5.41) is 11.7. The molecule has 0 bridgehead atoms. The van der Waals surface area contributed by atoms with Crippen molar-refractivity contribution in [1.82, 2.24) is 9.97 Å². The molecule has 6 rings (SSSR count). The third-order valence-electron chi connectivity index (χ3n) is 6.97. The summed E-state index contributed by atoms with van der Waals surface area (Å²) in [7, 11) is 1.43. The molecule has 0 saturated carbocycles. The van der Waals surface area contributed by atoms with E-state index in [2.05, 4.69) is 20.8 Å². The Hall–Kier alpha value is -3.96. The molecule has 3 heterocycles. The summed E-state index contributed by atoms with van der Waals surface area (Å²) in [6.07, 6.45) is 5.60. The SMILES string of the molecule is C#Cc1c(F)ccc2cc(O)cc(-c3ccc4c(N5CC6COCC6C5)nc(OC)nc4c3F)c12. The van der Waals surface area contributed by atoms with Gasteiger partial charge in [0.25, 0.3) is 0 Å². The number of terminal acetylenes is 1. The van der Waals surface area contributed by atoms with Gasteiger partial charge in [0, 0.05) is 41.3 Å². The molecule has 4 aromatic rings. The Labute approximate surface area is 200 Å². The van der Waals surface area contributed by atoms with Crippen molar-refractivity contribution in [3.8, 4) is 35.2 Å². The molecule has 0 spiro atoms. The van der Waals surface area contributed by atoms with E-state index in [1.54, 1.807) is 12.1 Å². The van der Waals surface area contributed by atoms with Crippen LogP contribution in [0.4, 0.5) is 14.6 Å². The van der Waals surface area contributed by atoms with E-state index in [9.17, 15) is 9.50 Å². The predicted molar refractivity (Wildman–Crippen MR) is 129 cm³/mol. The maximum absolute atomic E-state index is 16.2. The number of fused-ring (bicyclic) bond motifs is 3. The highest BCUT2D eigenvalue weighted by Crippen LogP contribution is 2.41. The summed E-state index contributed by atoms with van der Waals surface area (Å²) in [5.74, 6) is 2.47. The third-order valence-corrected chi connectivity index (χ3v) is 6.97. The first kappa shape index (κ1) is 21.6. The van der Waals surface area contributed by atoms with Crippen molar-refractivity contribution in [3.63, 3.8) is 0 Å². The first-order valence-corrected chi connectivity index (χ1v) is 11.3. The molecule has 2 aliphatic rings. The standard InChI is InChI=1S/C27H21F2N3O3/c1-3-18-22(28)7-4-14-8-17(33)9-21(23(14)18)19-5-6-20-25(24(19)29)30-27(34-2)31-26(20)32-10-15-12-35-13-16(15)11-32/h1,4-9,15-16,33H,10-13H2,2H3. The quantitative estimate of drug-likeness (QED) is 0.442. The van der Waals surface area contributed by atoms with Gasteiger partial charge in [-0.05, 0) is 35.2 Å². The number of halogens is 2. The smallest absolute Gasteiger partial charge is 0.318 e. The van der Waals surface area contributed by atoms with Crippen LogP contribution in [0.5, 0.6) is 11.8 Å². The van der Waals surface area contributed by atoms with Gasteiger partial charge < -0.3 is 19.5 Å². The number of aromatic nitrogens is 2. The van der Waals surface area contributed by atoms with Gasteiger partial charge in [-0.25, -0.2) is 8.78 Å². The van der Waals surface area contributed by atoms with Crippen LogP contribution in [0.3, 0.4) is 0 Å². The average molecular weight is 473 g/mol. The Morgan fingerprint density at radius 3 is 2.57 bits per heavy atom. The second-order valence-corrected chi connectivity index (χ2v) is 8.98. The fourth-order valence-corrected chi connectivity index (χ4v) is 5.30. The zero-order chi connectivity index (χ0) is 24.3. The zero-order valence-corrected chi connectivity index (χ0v) is 18.9. The molecule has 2 unspecified atom stereocenters. The van der Waals surface area contributed by atoms with Gasteiger partial charge in [0.1, 0.15) is 22.9 Å².